The van der Waals surface area contributed by atoms with E-state index in [1.54, 1.807) is 35.5 Å². The van der Waals surface area contributed by atoms with Crippen molar-refractivity contribution in [2.75, 3.05) is 11.9 Å². The molecular formula is C11H12N4O2S. The van der Waals surface area contributed by atoms with Gasteiger partial charge in [-0.3, -0.25) is 10.1 Å². The highest BCUT2D eigenvalue weighted by atomic mass is 32.1. The largest absolute Gasteiger partial charge is 0.348 e. The molecule has 94 valence electrons. The van der Waals surface area contributed by atoms with E-state index in [0.717, 1.165) is 10.7 Å². The third-order valence-corrected chi connectivity index (χ3v) is 3.21. The van der Waals surface area contributed by atoms with Gasteiger partial charge < -0.3 is 4.90 Å². The lowest BCUT2D eigenvalue weighted by Gasteiger charge is -2.16. The Bertz CT molecular complexity index is 570. The SMILES string of the molecule is Cc1nc(CN(C)c2ncccc2[N+](=O)[O-])cs1. The summed E-state index contributed by atoms with van der Waals surface area (Å²) >= 11 is 1.56. The van der Waals surface area contributed by atoms with Gasteiger partial charge in [0.1, 0.15) is 0 Å². The molecule has 0 radical (unpaired) electrons. The molecule has 0 aliphatic rings. The maximum Gasteiger partial charge on any atom is 0.311 e. The van der Waals surface area contributed by atoms with Gasteiger partial charge in [0.15, 0.2) is 0 Å². The van der Waals surface area contributed by atoms with Crippen LogP contribution in [0.15, 0.2) is 23.7 Å². The summed E-state index contributed by atoms with van der Waals surface area (Å²) in [6.07, 6.45) is 1.55. The van der Waals surface area contributed by atoms with E-state index in [-0.39, 0.29) is 5.69 Å². The van der Waals surface area contributed by atoms with Crippen LogP contribution < -0.4 is 4.90 Å². The molecule has 2 heterocycles. The molecule has 6 nitrogen and oxygen atoms in total. The number of hydrogen-bond donors (Lipinski definition) is 0. The van der Waals surface area contributed by atoms with Gasteiger partial charge in [-0.05, 0) is 13.0 Å². The first-order chi connectivity index (χ1) is 8.58. The van der Waals surface area contributed by atoms with Gasteiger partial charge in [0.2, 0.25) is 5.82 Å². The van der Waals surface area contributed by atoms with E-state index in [1.165, 1.54) is 6.07 Å². The van der Waals surface area contributed by atoms with E-state index in [9.17, 15) is 10.1 Å². The van der Waals surface area contributed by atoms with Crippen molar-refractivity contribution in [3.8, 4) is 0 Å². The minimum Gasteiger partial charge on any atom is -0.348 e. The Morgan fingerprint density at radius 2 is 2.33 bits per heavy atom. The zero-order valence-corrected chi connectivity index (χ0v) is 10.8. The number of nitrogens with zero attached hydrogens (tertiary/aromatic N) is 4. The van der Waals surface area contributed by atoms with Crippen LogP contribution in [0.1, 0.15) is 10.7 Å². The van der Waals surface area contributed by atoms with Gasteiger partial charge in [-0.2, -0.15) is 0 Å². The van der Waals surface area contributed by atoms with E-state index in [1.807, 2.05) is 12.3 Å². The highest BCUT2D eigenvalue weighted by Crippen LogP contribution is 2.25. The zero-order valence-electron chi connectivity index (χ0n) is 10.0. The third kappa shape index (κ3) is 2.62. The van der Waals surface area contributed by atoms with E-state index in [4.69, 9.17) is 0 Å². The fourth-order valence-electron chi connectivity index (χ4n) is 1.62. The topological polar surface area (TPSA) is 72.2 Å². The van der Waals surface area contributed by atoms with Crippen molar-refractivity contribution in [3.05, 3.63) is 44.5 Å². The zero-order chi connectivity index (χ0) is 13.1. The quantitative estimate of drug-likeness (QED) is 0.626. The van der Waals surface area contributed by atoms with Gasteiger partial charge in [0.05, 0.1) is 22.2 Å². The van der Waals surface area contributed by atoms with Gasteiger partial charge in [-0.25, -0.2) is 9.97 Å². The van der Waals surface area contributed by atoms with E-state index in [0.29, 0.717) is 12.4 Å². The van der Waals surface area contributed by atoms with Gasteiger partial charge >= 0.3 is 5.69 Å². The normalized spacial score (nSPS) is 10.3. The maximum atomic E-state index is 10.9. The Balaban J connectivity index is 2.23. The molecule has 2 aromatic heterocycles. The molecule has 2 rings (SSSR count). The van der Waals surface area contributed by atoms with Crippen LogP contribution >= 0.6 is 11.3 Å². The first kappa shape index (κ1) is 12.4. The third-order valence-electron chi connectivity index (χ3n) is 2.39. The molecule has 0 bridgehead atoms. The fraction of sp³-hybridized carbons (Fsp3) is 0.273. The standard InChI is InChI=1S/C11H12N4O2S/c1-8-13-9(7-18-8)6-14(2)11-10(15(16)17)4-3-5-12-11/h3-5,7H,6H2,1-2H3. The van der Waals surface area contributed by atoms with Gasteiger partial charge in [0, 0.05) is 24.7 Å². The van der Waals surface area contributed by atoms with Crippen molar-refractivity contribution in [1.29, 1.82) is 0 Å². The molecule has 0 aromatic carbocycles. The number of rotatable bonds is 4. The summed E-state index contributed by atoms with van der Waals surface area (Å²) in [5, 5.41) is 13.8. The van der Waals surface area contributed by atoms with Crippen LogP contribution in [-0.4, -0.2) is 21.9 Å². The lowest BCUT2D eigenvalue weighted by molar-refractivity contribution is -0.384. The lowest BCUT2D eigenvalue weighted by atomic mass is 10.3. The molecular weight excluding hydrogens is 252 g/mol. The molecule has 0 saturated carbocycles. The van der Waals surface area contributed by atoms with Crippen LogP contribution in [0.3, 0.4) is 0 Å². The minimum absolute atomic E-state index is 0.00644. The molecule has 0 unspecified atom stereocenters. The Morgan fingerprint density at radius 3 is 2.94 bits per heavy atom. The monoisotopic (exact) mass is 264 g/mol. The number of thiazole rings is 1. The number of pyridine rings is 1. The van der Waals surface area contributed by atoms with Crippen molar-refractivity contribution in [1.82, 2.24) is 9.97 Å². The molecule has 0 aliphatic carbocycles. The summed E-state index contributed by atoms with van der Waals surface area (Å²) in [4.78, 5) is 20.6. The van der Waals surface area contributed by atoms with Crippen molar-refractivity contribution < 1.29 is 4.92 Å². The smallest absolute Gasteiger partial charge is 0.311 e. The van der Waals surface area contributed by atoms with Crippen molar-refractivity contribution in [2.45, 2.75) is 13.5 Å². The summed E-state index contributed by atoms with van der Waals surface area (Å²) in [5.41, 5.74) is 0.895. The fourth-order valence-corrected chi connectivity index (χ4v) is 2.23. The number of aromatic nitrogens is 2. The number of anilines is 1. The van der Waals surface area contributed by atoms with Crippen LogP contribution in [0.25, 0.3) is 0 Å². The van der Waals surface area contributed by atoms with E-state index < -0.39 is 4.92 Å². The number of nitro groups is 1. The van der Waals surface area contributed by atoms with E-state index >= 15 is 0 Å². The number of aryl methyl sites for hydroxylation is 1. The molecule has 0 spiro atoms. The average Bonchev–Trinajstić information content (AvgIpc) is 2.74. The first-order valence-corrected chi connectivity index (χ1v) is 6.17. The Labute approximate surface area is 108 Å². The average molecular weight is 264 g/mol. The van der Waals surface area contributed by atoms with E-state index in [2.05, 4.69) is 9.97 Å². The molecule has 7 heteroatoms. The summed E-state index contributed by atoms with van der Waals surface area (Å²) in [7, 11) is 1.77. The molecule has 0 aliphatic heterocycles. The lowest BCUT2D eigenvalue weighted by Crippen LogP contribution is -2.19. The van der Waals surface area contributed by atoms with Crippen LogP contribution in [0.5, 0.6) is 0 Å². The molecule has 0 amide bonds. The van der Waals surface area contributed by atoms with Gasteiger partial charge in [-0.15, -0.1) is 11.3 Å². The Kier molecular flexibility index (Phi) is 3.52. The second-order valence-electron chi connectivity index (χ2n) is 3.82. The Morgan fingerprint density at radius 1 is 1.56 bits per heavy atom. The van der Waals surface area contributed by atoms with Crippen molar-refractivity contribution in [2.24, 2.45) is 0 Å². The van der Waals surface area contributed by atoms with Crippen molar-refractivity contribution in [3.63, 3.8) is 0 Å². The summed E-state index contributed by atoms with van der Waals surface area (Å²) in [5.74, 6) is 0.355. The second kappa shape index (κ2) is 5.09. The molecule has 0 fully saturated rings. The second-order valence-corrected chi connectivity index (χ2v) is 4.88. The predicted octanol–water partition coefficient (Wildman–Crippen LogP) is 2.39. The summed E-state index contributed by atoms with van der Waals surface area (Å²) in [6.45, 7) is 2.43. The van der Waals surface area contributed by atoms with Crippen LogP contribution in [0.2, 0.25) is 0 Å². The predicted molar refractivity (Wildman–Crippen MR) is 69.8 cm³/mol. The summed E-state index contributed by atoms with van der Waals surface area (Å²) < 4.78 is 0. The minimum atomic E-state index is -0.425. The van der Waals surface area contributed by atoms with Crippen LogP contribution in [0.4, 0.5) is 11.5 Å². The van der Waals surface area contributed by atoms with Crippen LogP contribution in [-0.2, 0) is 6.54 Å². The van der Waals surface area contributed by atoms with Gasteiger partial charge in [0.25, 0.3) is 0 Å². The highest BCUT2D eigenvalue weighted by Gasteiger charge is 2.18. The number of hydrogen-bond acceptors (Lipinski definition) is 6. The molecule has 2 aromatic rings. The highest BCUT2D eigenvalue weighted by molar-refractivity contribution is 7.09. The van der Waals surface area contributed by atoms with Crippen LogP contribution in [0, 0.1) is 17.0 Å². The van der Waals surface area contributed by atoms with Crippen molar-refractivity contribution >= 4 is 22.8 Å². The molecule has 0 saturated heterocycles. The first-order valence-electron chi connectivity index (χ1n) is 5.29. The summed E-state index contributed by atoms with van der Waals surface area (Å²) in [6, 6.07) is 3.01. The molecule has 0 atom stereocenters. The maximum absolute atomic E-state index is 10.9. The molecule has 0 N–H and O–H groups in total. The Hall–Kier alpha value is -2.02. The molecule has 18 heavy (non-hydrogen) atoms. The van der Waals surface area contributed by atoms with Gasteiger partial charge in [-0.1, -0.05) is 0 Å².